The van der Waals surface area contributed by atoms with Gasteiger partial charge in [-0.1, -0.05) is 30.3 Å². The van der Waals surface area contributed by atoms with Crippen LogP contribution in [0.25, 0.3) is 0 Å². The van der Waals surface area contributed by atoms with E-state index in [2.05, 4.69) is 10.6 Å². The Kier molecular flexibility index (Phi) is 11.0. The highest BCUT2D eigenvalue weighted by Crippen LogP contribution is 2.22. The van der Waals surface area contributed by atoms with Crippen molar-refractivity contribution in [3.05, 3.63) is 35.9 Å². The molecule has 2 rings (SSSR count). The van der Waals surface area contributed by atoms with Gasteiger partial charge in [-0.05, 0) is 52.5 Å². The molecule has 1 heterocycles. The molecule has 1 aliphatic heterocycles. The molecule has 0 saturated carbocycles. The minimum absolute atomic E-state index is 0.140. The van der Waals surface area contributed by atoms with Crippen molar-refractivity contribution >= 4 is 29.8 Å². The van der Waals surface area contributed by atoms with Crippen LogP contribution in [0.5, 0.6) is 0 Å². The summed E-state index contributed by atoms with van der Waals surface area (Å²) in [6.45, 7) is 7.02. The van der Waals surface area contributed by atoms with Gasteiger partial charge in [0.1, 0.15) is 30.4 Å². The molecule has 1 saturated heterocycles. The summed E-state index contributed by atoms with van der Waals surface area (Å²) in [6.07, 6.45) is -0.663. The molecule has 0 bridgehead atoms. The van der Waals surface area contributed by atoms with Crippen LogP contribution in [0.1, 0.15) is 58.9 Å². The second-order valence-corrected chi connectivity index (χ2v) is 9.79. The summed E-state index contributed by atoms with van der Waals surface area (Å²) in [5, 5.41) is 5.19. The van der Waals surface area contributed by atoms with Crippen LogP contribution in [-0.2, 0) is 40.0 Å². The molecular formula is C26H37N3O8. The van der Waals surface area contributed by atoms with Crippen molar-refractivity contribution in [3.63, 3.8) is 0 Å². The maximum absolute atomic E-state index is 13.1. The second-order valence-electron chi connectivity index (χ2n) is 9.79. The summed E-state index contributed by atoms with van der Waals surface area (Å²) in [5.41, 5.74) is 0.124. The highest BCUT2D eigenvalue weighted by atomic mass is 16.6. The van der Waals surface area contributed by atoms with Crippen molar-refractivity contribution in [1.82, 2.24) is 15.5 Å². The normalized spacial score (nSPS) is 17.2. The number of ether oxygens (including phenoxy) is 3. The van der Waals surface area contributed by atoms with Gasteiger partial charge in [-0.15, -0.1) is 0 Å². The third kappa shape index (κ3) is 9.49. The molecule has 204 valence electrons. The zero-order valence-corrected chi connectivity index (χ0v) is 22.1. The molecule has 1 aromatic rings. The molecule has 2 N–H and O–H groups in total. The van der Waals surface area contributed by atoms with E-state index in [0.717, 1.165) is 10.5 Å². The first-order valence-electron chi connectivity index (χ1n) is 12.3. The SMILES string of the molecule is COC1CC(=O)N([C@@H](CCCCNC(=O)OCc2ccccc2)C(=O)N[C@@H](C)C(=O)OC(C)(C)C)C1=O. The summed E-state index contributed by atoms with van der Waals surface area (Å²) in [5.74, 6) is -2.40. The Bertz CT molecular complexity index is 960. The van der Waals surface area contributed by atoms with E-state index >= 15 is 0 Å². The first kappa shape index (κ1) is 29.8. The highest BCUT2D eigenvalue weighted by Gasteiger charge is 2.45. The van der Waals surface area contributed by atoms with E-state index < -0.39 is 53.6 Å². The van der Waals surface area contributed by atoms with Gasteiger partial charge in [0.05, 0.1) is 6.42 Å². The van der Waals surface area contributed by atoms with Crippen molar-refractivity contribution in [1.29, 1.82) is 0 Å². The van der Waals surface area contributed by atoms with Crippen LogP contribution in [0.4, 0.5) is 4.79 Å². The Morgan fingerprint density at radius 1 is 1.11 bits per heavy atom. The first-order chi connectivity index (χ1) is 17.4. The number of likely N-dealkylation sites (tertiary alicyclic amines) is 1. The standard InChI is InChI=1S/C26H37N3O8/c1-17(24(33)37-26(2,3)4)28-22(31)19(29-21(30)15-20(35-5)23(29)32)13-9-10-14-27-25(34)36-16-18-11-7-6-8-12-18/h6-8,11-12,17,19-20H,9-10,13-16H2,1-5H3,(H,27,34)(H,28,31)/t17-,19-,20?/m0/s1. The molecular weight excluding hydrogens is 482 g/mol. The molecule has 1 unspecified atom stereocenters. The minimum Gasteiger partial charge on any atom is -0.458 e. The van der Waals surface area contributed by atoms with Crippen LogP contribution in [0.2, 0.25) is 0 Å². The van der Waals surface area contributed by atoms with Crippen molar-refractivity contribution in [2.24, 2.45) is 0 Å². The Labute approximate surface area is 217 Å². The van der Waals surface area contributed by atoms with Crippen LogP contribution in [0, 0.1) is 0 Å². The average molecular weight is 520 g/mol. The van der Waals surface area contributed by atoms with Gasteiger partial charge in [0, 0.05) is 13.7 Å². The number of hydrogen-bond acceptors (Lipinski definition) is 8. The number of nitrogens with zero attached hydrogens (tertiary/aromatic N) is 1. The number of rotatable bonds is 12. The number of alkyl carbamates (subject to hydrolysis) is 1. The Hall–Kier alpha value is -3.47. The molecule has 1 aromatic carbocycles. The Morgan fingerprint density at radius 2 is 1.78 bits per heavy atom. The Balaban J connectivity index is 1.92. The van der Waals surface area contributed by atoms with Crippen molar-refractivity contribution in [2.45, 2.75) is 83.8 Å². The summed E-state index contributed by atoms with van der Waals surface area (Å²) >= 11 is 0. The van der Waals surface area contributed by atoms with Crippen LogP contribution < -0.4 is 10.6 Å². The number of carbonyl (C=O) groups is 5. The van der Waals surface area contributed by atoms with Crippen molar-refractivity contribution in [2.75, 3.05) is 13.7 Å². The zero-order chi connectivity index (χ0) is 27.6. The fourth-order valence-electron chi connectivity index (χ4n) is 3.70. The molecule has 3 atom stereocenters. The van der Waals surface area contributed by atoms with Gasteiger partial charge in [0.25, 0.3) is 5.91 Å². The van der Waals surface area contributed by atoms with Gasteiger partial charge >= 0.3 is 12.1 Å². The number of methoxy groups -OCH3 is 1. The third-order valence-corrected chi connectivity index (χ3v) is 5.55. The molecule has 37 heavy (non-hydrogen) atoms. The number of carbonyl (C=O) groups excluding carboxylic acids is 5. The number of unbranched alkanes of at least 4 members (excludes halogenated alkanes) is 1. The van der Waals surface area contributed by atoms with Gasteiger partial charge in [0.2, 0.25) is 11.8 Å². The molecule has 0 aromatic heterocycles. The van der Waals surface area contributed by atoms with E-state index in [-0.39, 0.29) is 26.0 Å². The maximum atomic E-state index is 13.1. The Morgan fingerprint density at radius 3 is 2.38 bits per heavy atom. The molecule has 1 aliphatic rings. The molecule has 0 aliphatic carbocycles. The summed E-state index contributed by atoms with van der Waals surface area (Å²) in [7, 11) is 1.32. The highest BCUT2D eigenvalue weighted by molar-refractivity contribution is 6.08. The number of benzene rings is 1. The van der Waals surface area contributed by atoms with Gasteiger partial charge in [0.15, 0.2) is 0 Å². The predicted octanol–water partition coefficient (Wildman–Crippen LogP) is 2.07. The largest absolute Gasteiger partial charge is 0.458 e. The van der Waals surface area contributed by atoms with Crippen LogP contribution >= 0.6 is 0 Å². The number of amides is 4. The summed E-state index contributed by atoms with van der Waals surface area (Å²) in [6, 6.07) is 7.14. The smallest absolute Gasteiger partial charge is 0.407 e. The van der Waals surface area contributed by atoms with E-state index in [1.165, 1.54) is 14.0 Å². The molecule has 0 radical (unpaired) electrons. The lowest BCUT2D eigenvalue weighted by atomic mass is 10.1. The van der Waals surface area contributed by atoms with Gasteiger partial charge < -0.3 is 24.8 Å². The number of imide groups is 1. The van der Waals surface area contributed by atoms with E-state index in [0.29, 0.717) is 12.8 Å². The monoisotopic (exact) mass is 519 g/mol. The topological polar surface area (TPSA) is 140 Å². The number of nitrogens with one attached hydrogen (secondary N) is 2. The van der Waals surface area contributed by atoms with E-state index in [9.17, 15) is 24.0 Å². The molecule has 11 heteroatoms. The van der Waals surface area contributed by atoms with Crippen molar-refractivity contribution in [3.8, 4) is 0 Å². The van der Waals surface area contributed by atoms with Crippen molar-refractivity contribution < 1.29 is 38.2 Å². The average Bonchev–Trinajstić information content (AvgIpc) is 3.12. The first-order valence-corrected chi connectivity index (χ1v) is 12.3. The third-order valence-electron chi connectivity index (χ3n) is 5.55. The van der Waals surface area contributed by atoms with E-state index in [4.69, 9.17) is 14.2 Å². The van der Waals surface area contributed by atoms with Crippen LogP contribution in [0.15, 0.2) is 30.3 Å². The molecule has 11 nitrogen and oxygen atoms in total. The fourth-order valence-corrected chi connectivity index (χ4v) is 3.70. The fraction of sp³-hybridized carbons (Fsp3) is 0.577. The van der Waals surface area contributed by atoms with Crippen LogP contribution in [-0.4, -0.2) is 72.1 Å². The summed E-state index contributed by atoms with van der Waals surface area (Å²) < 4.78 is 15.5. The molecule has 4 amide bonds. The predicted molar refractivity (Wildman–Crippen MR) is 133 cm³/mol. The molecule has 1 fully saturated rings. The number of hydrogen-bond donors (Lipinski definition) is 2. The lowest BCUT2D eigenvalue weighted by molar-refractivity contribution is -0.158. The molecule has 0 spiro atoms. The van der Waals surface area contributed by atoms with Crippen LogP contribution in [0.3, 0.4) is 0 Å². The van der Waals surface area contributed by atoms with E-state index in [1.54, 1.807) is 20.8 Å². The van der Waals surface area contributed by atoms with Gasteiger partial charge in [-0.2, -0.15) is 0 Å². The second kappa shape index (κ2) is 13.7. The van der Waals surface area contributed by atoms with E-state index in [1.807, 2.05) is 30.3 Å². The van der Waals surface area contributed by atoms with Gasteiger partial charge in [-0.3, -0.25) is 19.3 Å². The minimum atomic E-state index is -1.13. The quantitative estimate of drug-likeness (QED) is 0.243. The zero-order valence-electron chi connectivity index (χ0n) is 22.1. The lowest BCUT2D eigenvalue weighted by Gasteiger charge is -2.28. The van der Waals surface area contributed by atoms with Gasteiger partial charge in [-0.25, -0.2) is 9.59 Å². The number of esters is 1. The summed E-state index contributed by atoms with van der Waals surface area (Å²) in [4.78, 5) is 63.5. The maximum Gasteiger partial charge on any atom is 0.407 e. The lowest BCUT2D eigenvalue weighted by Crippen LogP contribution is -2.53.